The third-order valence-electron chi connectivity index (χ3n) is 2.46. The minimum atomic E-state index is 0.524. The molecule has 0 radical (unpaired) electrons. The summed E-state index contributed by atoms with van der Waals surface area (Å²) < 4.78 is 1.18. The molecule has 1 atom stereocenters. The lowest BCUT2D eigenvalue weighted by atomic mass is 9.97. The third-order valence-corrected chi connectivity index (χ3v) is 3.35. The van der Waals surface area contributed by atoms with Gasteiger partial charge in [0.1, 0.15) is 0 Å². The molecule has 1 aromatic carbocycles. The van der Waals surface area contributed by atoms with Gasteiger partial charge in [0.05, 0.1) is 0 Å². The lowest BCUT2D eigenvalue weighted by Gasteiger charge is -2.09. The summed E-state index contributed by atoms with van der Waals surface area (Å²) in [6.07, 6.45) is 1.90. The number of benzene rings is 1. The molecule has 0 aliphatic rings. The topological polar surface area (TPSA) is 0 Å². The van der Waals surface area contributed by atoms with E-state index in [-0.39, 0.29) is 0 Å². The average molecular weight is 265 g/mol. The van der Waals surface area contributed by atoms with Crippen LogP contribution in [0.4, 0.5) is 0 Å². The van der Waals surface area contributed by atoms with Gasteiger partial charge in [-0.25, -0.2) is 0 Å². The van der Waals surface area contributed by atoms with Crippen molar-refractivity contribution < 1.29 is 0 Å². The van der Waals surface area contributed by atoms with Gasteiger partial charge in [0, 0.05) is 17.3 Å². The Hall–Kier alpha value is -0.740. The lowest BCUT2D eigenvalue weighted by Crippen LogP contribution is -1.93. The summed E-state index contributed by atoms with van der Waals surface area (Å²) in [4.78, 5) is 0. The standard InChI is InChI=1S/C14H17Br/c1-4-5-6-7-11(2)13-8-9-14(15)12(3)10-13/h8-11H,4,7H2,1-3H3. The van der Waals surface area contributed by atoms with Crippen LogP contribution in [0.15, 0.2) is 22.7 Å². The third kappa shape index (κ3) is 3.72. The fourth-order valence-corrected chi connectivity index (χ4v) is 1.69. The molecule has 0 amide bonds. The van der Waals surface area contributed by atoms with Gasteiger partial charge < -0.3 is 0 Å². The summed E-state index contributed by atoms with van der Waals surface area (Å²) in [5, 5.41) is 0. The van der Waals surface area contributed by atoms with Crippen molar-refractivity contribution in [2.24, 2.45) is 0 Å². The van der Waals surface area contributed by atoms with Gasteiger partial charge in [0.2, 0.25) is 0 Å². The minimum absolute atomic E-state index is 0.524. The van der Waals surface area contributed by atoms with E-state index in [1.807, 2.05) is 0 Å². The molecule has 1 heteroatoms. The smallest absolute Gasteiger partial charge is 0.0204 e. The molecule has 0 bridgehead atoms. The van der Waals surface area contributed by atoms with Crippen molar-refractivity contribution in [2.75, 3.05) is 0 Å². The van der Waals surface area contributed by atoms with Crippen molar-refractivity contribution in [3.8, 4) is 11.8 Å². The van der Waals surface area contributed by atoms with E-state index in [4.69, 9.17) is 0 Å². The van der Waals surface area contributed by atoms with Crippen LogP contribution in [0.5, 0.6) is 0 Å². The molecule has 0 fully saturated rings. The Morgan fingerprint density at radius 2 is 2.07 bits per heavy atom. The Morgan fingerprint density at radius 3 is 2.67 bits per heavy atom. The van der Waals surface area contributed by atoms with E-state index < -0.39 is 0 Å². The predicted molar refractivity (Wildman–Crippen MR) is 70.0 cm³/mol. The van der Waals surface area contributed by atoms with Crippen LogP contribution in [0.1, 0.15) is 43.7 Å². The average Bonchev–Trinajstić information content (AvgIpc) is 2.22. The molecule has 0 nitrogen and oxygen atoms in total. The van der Waals surface area contributed by atoms with Gasteiger partial charge in [-0.15, -0.1) is 11.8 Å². The van der Waals surface area contributed by atoms with E-state index in [9.17, 15) is 0 Å². The highest BCUT2D eigenvalue weighted by atomic mass is 79.9. The molecule has 0 heterocycles. The van der Waals surface area contributed by atoms with Crippen LogP contribution in [-0.2, 0) is 0 Å². The quantitative estimate of drug-likeness (QED) is 0.682. The number of halogens is 1. The summed E-state index contributed by atoms with van der Waals surface area (Å²) in [5.41, 5.74) is 2.67. The van der Waals surface area contributed by atoms with Crippen LogP contribution >= 0.6 is 15.9 Å². The zero-order chi connectivity index (χ0) is 11.3. The van der Waals surface area contributed by atoms with Gasteiger partial charge in [0.15, 0.2) is 0 Å². The monoisotopic (exact) mass is 264 g/mol. The van der Waals surface area contributed by atoms with Crippen molar-refractivity contribution in [3.63, 3.8) is 0 Å². The molecule has 0 spiro atoms. The second-order valence-corrected chi connectivity index (χ2v) is 4.68. The minimum Gasteiger partial charge on any atom is -0.104 e. The zero-order valence-electron chi connectivity index (χ0n) is 9.60. The van der Waals surface area contributed by atoms with Crippen LogP contribution in [0, 0.1) is 18.8 Å². The van der Waals surface area contributed by atoms with Crippen LogP contribution in [-0.4, -0.2) is 0 Å². The molecule has 0 aliphatic carbocycles. The molecule has 80 valence electrons. The Bertz CT molecular complexity index is 382. The van der Waals surface area contributed by atoms with Gasteiger partial charge in [0.25, 0.3) is 0 Å². The van der Waals surface area contributed by atoms with Crippen LogP contribution in [0.2, 0.25) is 0 Å². The molecular formula is C14H17Br. The molecule has 0 aliphatic heterocycles. The summed E-state index contributed by atoms with van der Waals surface area (Å²) in [6.45, 7) is 6.44. The first-order valence-electron chi connectivity index (χ1n) is 5.37. The summed E-state index contributed by atoms with van der Waals surface area (Å²) >= 11 is 3.51. The van der Waals surface area contributed by atoms with E-state index in [0.29, 0.717) is 5.92 Å². The molecule has 1 unspecified atom stereocenters. The van der Waals surface area contributed by atoms with E-state index in [0.717, 1.165) is 12.8 Å². The number of aryl methyl sites for hydroxylation is 1. The highest BCUT2D eigenvalue weighted by molar-refractivity contribution is 9.10. The van der Waals surface area contributed by atoms with Gasteiger partial charge in [-0.3, -0.25) is 0 Å². The van der Waals surface area contributed by atoms with Gasteiger partial charge in [-0.05, 0) is 30.0 Å². The summed E-state index contributed by atoms with van der Waals surface area (Å²) in [6, 6.07) is 6.53. The predicted octanol–water partition coefficient (Wildman–Crippen LogP) is 4.66. The van der Waals surface area contributed by atoms with Crippen molar-refractivity contribution in [3.05, 3.63) is 33.8 Å². The molecule has 0 saturated carbocycles. The second-order valence-electron chi connectivity index (χ2n) is 3.82. The first-order valence-corrected chi connectivity index (χ1v) is 6.16. The maximum Gasteiger partial charge on any atom is 0.0204 e. The highest BCUT2D eigenvalue weighted by Gasteiger charge is 2.04. The molecular weight excluding hydrogens is 248 g/mol. The number of rotatable bonds is 2. The maximum atomic E-state index is 3.51. The van der Waals surface area contributed by atoms with Crippen LogP contribution in [0.3, 0.4) is 0 Å². The maximum absolute atomic E-state index is 3.51. The Labute approximate surface area is 101 Å². The fraction of sp³-hybridized carbons (Fsp3) is 0.429. The molecule has 1 rings (SSSR count). The van der Waals surface area contributed by atoms with E-state index in [2.05, 4.69) is 66.7 Å². The highest BCUT2D eigenvalue weighted by Crippen LogP contribution is 2.23. The van der Waals surface area contributed by atoms with Crippen molar-refractivity contribution in [1.82, 2.24) is 0 Å². The Kier molecular flexibility index (Phi) is 4.91. The first kappa shape index (κ1) is 12.3. The molecule has 0 saturated heterocycles. The molecule has 1 aromatic rings. The SMILES string of the molecule is CCC#CCC(C)c1ccc(Br)c(C)c1. The number of hydrogen-bond donors (Lipinski definition) is 0. The molecule has 0 aromatic heterocycles. The summed E-state index contributed by atoms with van der Waals surface area (Å²) in [5.74, 6) is 6.85. The van der Waals surface area contributed by atoms with Gasteiger partial charge in [-0.2, -0.15) is 0 Å². The van der Waals surface area contributed by atoms with Crippen LogP contribution in [0.25, 0.3) is 0 Å². The van der Waals surface area contributed by atoms with Crippen LogP contribution < -0.4 is 0 Å². The van der Waals surface area contributed by atoms with E-state index in [1.165, 1.54) is 15.6 Å². The van der Waals surface area contributed by atoms with E-state index in [1.54, 1.807) is 0 Å². The largest absolute Gasteiger partial charge is 0.104 e. The Morgan fingerprint density at radius 1 is 1.33 bits per heavy atom. The van der Waals surface area contributed by atoms with Crippen molar-refractivity contribution in [2.45, 2.75) is 39.5 Å². The first-order chi connectivity index (χ1) is 7.15. The van der Waals surface area contributed by atoms with E-state index >= 15 is 0 Å². The second kappa shape index (κ2) is 5.98. The zero-order valence-corrected chi connectivity index (χ0v) is 11.2. The summed E-state index contributed by atoms with van der Waals surface area (Å²) in [7, 11) is 0. The normalized spacial score (nSPS) is 11.7. The fourth-order valence-electron chi connectivity index (χ4n) is 1.44. The molecule has 15 heavy (non-hydrogen) atoms. The van der Waals surface area contributed by atoms with Gasteiger partial charge in [-0.1, -0.05) is 41.9 Å². The lowest BCUT2D eigenvalue weighted by molar-refractivity contribution is 0.793. The Balaban J connectivity index is 2.73. The van der Waals surface area contributed by atoms with Gasteiger partial charge >= 0.3 is 0 Å². The van der Waals surface area contributed by atoms with Crippen molar-refractivity contribution >= 4 is 15.9 Å². The van der Waals surface area contributed by atoms with Crippen molar-refractivity contribution in [1.29, 1.82) is 0 Å². The molecule has 0 N–H and O–H groups in total. The number of hydrogen-bond acceptors (Lipinski definition) is 0.